The minimum atomic E-state index is -0.846. The summed E-state index contributed by atoms with van der Waals surface area (Å²) in [5.41, 5.74) is 0.484. The Kier molecular flexibility index (Phi) is 5.33. The van der Waals surface area contributed by atoms with E-state index in [1.54, 1.807) is 18.2 Å². The van der Waals surface area contributed by atoms with Crippen LogP contribution in [0.3, 0.4) is 0 Å². The molecule has 1 saturated carbocycles. The van der Waals surface area contributed by atoms with Crippen LogP contribution in [0.25, 0.3) is 0 Å². The lowest BCUT2D eigenvalue weighted by molar-refractivity contribution is -0.143. The molecule has 1 amide bonds. The number of anilines is 1. The zero-order valence-corrected chi connectivity index (χ0v) is 14.7. The van der Waals surface area contributed by atoms with Gasteiger partial charge in [0.05, 0.1) is 17.3 Å². The van der Waals surface area contributed by atoms with Crippen molar-refractivity contribution in [3.63, 3.8) is 0 Å². The van der Waals surface area contributed by atoms with E-state index in [2.05, 4.69) is 5.32 Å². The topological polar surface area (TPSA) is 69.6 Å². The molecule has 1 heterocycles. The fraction of sp³-hybridized carbons (Fsp3) is 0.529. The maximum atomic E-state index is 12.4. The van der Waals surface area contributed by atoms with Gasteiger partial charge in [0.25, 0.3) is 0 Å². The summed E-state index contributed by atoms with van der Waals surface area (Å²) in [6.45, 7) is 0.0666. The largest absolute Gasteiger partial charge is 0.480 e. The van der Waals surface area contributed by atoms with Crippen molar-refractivity contribution in [2.45, 2.75) is 44.2 Å². The van der Waals surface area contributed by atoms with Crippen LogP contribution >= 0.6 is 23.2 Å². The van der Waals surface area contributed by atoms with Crippen molar-refractivity contribution in [2.75, 3.05) is 11.9 Å². The summed E-state index contributed by atoms with van der Waals surface area (Å²) in [5, 5.41) is 13.1. The molecule has 3 unspecified atom stereocenters. The summed E-state index contributed by atoms with van der Waals surface area (Å²) in [6, 6.07) is 4.46. The SMILES string of the molecule is O=C(CN1C(C(=O)O)CC2CCCCC21)Nc1ccc(Cl)cc1Cl. The third kappa shape index (κ3) is 3.68. The minimum Gasteiger partial charge on any atom is -0.480 e. The molecule has 3 atom stereocenters. The molecule has 1 aromatic rings. The zero-order valence-electron chi connectivity index (χ0n) is 13.2. The standard InChI is InChI=1S/C17H20Cl2N2O3/c18-11-5-6-13(12(19)8-11)20-16(22)9-21-14-4-2-1-3-10(14)7-15(21)17(23)24/h5-6,8,10,14-15H,1-4,7,9H2,(H,20,22)(H,23,24). The molecule has 0 bridgehead atoms. The van der Waals surface area contributed by atoms with Gasteiger partial charge in [0.2, 0.25) is 5.91 Å². The first kappa shape index (κ1) is 17.5. The molecular formula is C17H20Cl2N2O3. The van der Waals surface area contributed by atoms with Gasteiger partial charge in [0, 0.05) is 11.1 Å². The Morgan fingerprint density at radius 1 is 1.25 bits per heavy atom. The van der Waals surface area contributed by atoms with Gasteiger partial charge in [-0.25, -0.2) is 0 Å². The number of carboxylic acids is 1. The summed E-state index contributed by atoms with van der Waals surface area (Å²) in [6.07, 6.45) is 4.89. The van der Waals surface area contributed by atoms with E-state index in [-0.39, 0.29) is 18.5 Å². The highest BCUT2D eigenvalue weighted by Crippen LogP contribution is 2.39. The molecule has 7 heteroatoms. The van der Waals surface area contributed by atoms with Crippen LogP contribution in [0.1, 0.15) is 32.1 Å². The Hall–Kier alpha value is -1.30. The van der Waals surface area contributed by atoms with E-state index in [1.807, 2.05) is 4.90 Å². The molecular weight excluding hydrogens is 351 g/mol. The van der Waals surface area contributed by atoms with E-state index < -0.39 is 12.0 Å². The molecule has 130 valence electrons. The molecule has 0 spiro atoms. The molecule has 24 heavy (non-hydrogen) atoms. The first-order valence-corrected chi connectivity index (χ1v) is 8.94. The van der Waals surface area contributed by atoms with E-state index in [0.29, 0.717) is 28.1 Å². The Labute approximate surface area is 150 Å². The number of nitrogens with one attached hydrogen (secondary N) is 1. The van der Waals surface area contributed by atoms with E-state index in [4.69, 9.17) is 23.2 Å². The van der Waals surface area contributed by atoms with Crippen molar-refractivity contribution in [1.29, 1.82) is 0 Å². The number of amides is 1. The number of carbonyl (C=O) groups is 2. The van der Waals surface area contributed by atoms with E-state index in [9.17, 15) is 14.7 Å². The Balaban J connectivity index is 1.70. The fourth-order valence-electron chi connectivity index (χ4n) is 3.97. The Morgan fingerprint density at radius 2 is 2.00 bits per heavy atom. The highest BCUT2D eigenvalue weighted by atomic mass is 35.5. The number of nitrogens with zero attached hydrogens (tertiary/aromatic N) is 1. The number of benzene rings is 1. The number of hydrogen-bond donors (Lipinski definition) is 2. The normalized spacial score (nSPS) is 26.8. The molecule has 1 aliphatic heterocycles. The van der Waals surface area contributed by atoms with Crippen molar-refractivity contribution in [2.24, 2.45) is 5.92 Å². The monoisotopic (exact) mass is 370 g/mol. The van der Waals surface area contributed by atoms with E-state index >= 15 is 0 Å². The van der Waals surface area contributed by atoms with Crippen LogP contribution in [-0.2, 0) is 9.59 Å². The smallest absolute Gasteiger partial charge is 0.320 e. The van der Waals surface area contributed by atoms with Crippen LogP contribution in [0.2, 0.25) is 10.0 Å². The molecule has 5 nitrogen and oxygen atoms in total. The Bertz CT molecular complexity index is 653. The quantitative estimate of drug-likeness (QED) is 0.848. The third-order valence-electron chi connectivity index (χ3n) is 5.04. The second-order valence-electron chi connectivity index (χ2n) is 6.55. The Morgan fingerprint density at radius 3 is 2.71 bits per heavy atom. The predicted octanol–water partition coefficient (Wildman–Crippen LogP) is 3.65. The van der Waals surface area contributed by atoms with Gasteiger partial charge >= 0.3 is 5.97 Å². The van der Waals surface area contributed by atoms with Gasteiger partial charge in [0.1, 0.15) is 6.04 Å². The maximum Gasteiger partial charge on any atom is 0.320 e. The summed E-state index contributed by atoms with van der Waals surface area (Å²) in [5.74, 6) is -0.717. The van der Waals surface area contributed by atoms with E-state index in [0.717, 1.165) is 25.7 Å². The first-order chi connectivity index (χ1) is 11.5. The fourth-order valence-corrected chi connectivity index (χ4v) is 4.43. The number of fused-ring (bicyclic) bond motifs is 1. The highest BCUT2D eigenvalue weighted by molar-refractivity contribution is 6.36. The number of likely N-dealkylation sites (tertiary alicyclic amines) is 1. The summed E-state index contributed by atoms with van der Waals surface area (Å²) < 4.78 is 0. The number of rotatable bonds is 4. The summed E-state index contributed by atoms with van der Waals surface area (Å²) >= 11 is 11.9. The van der Waals surface area contributed by atoms with Crippen LogP contribution in [-0.4, -0.2) is 40.5 Å². The summed E-state index contributed by atoms with van der Waals surface area (Å²) in [4.78, 5) is 25.8. The lowest BCUT2D eigenvalue weighted by Gasteiger charge is -2.32. The molecule has 2 aliphatic rings. The second kappa shape index (κ2) is 7.30. The highest BCUT2D eigenvalue weighted by Gasteiger charge is 2.45. The van der Waals surface area contributed by atoms with Crippen LogP contribution in [0.4, 0.5) is 5.69 Å². The maximum absolute atomic E-state index is 12.4. The number of aliphatic carboxylic acids is 1. The second-order valence-corrected chi connectivity index (χ2v) is 7.39. The third-order valence-corrected chi connectivity index (χ3v) is 5.59. The molecule has 1 saturated heterocycles. The van der Waals surface area contributed by atoms with Crippen molar-refractivity contribution >= 4 is 40.8 Å². The number of carbonyl (C=O) groups excluding carboxylic acids is 1. The van der Waals surface area contributed by atoms with Crippen LogP contribution in [0.15, 0.2) is 18.2 Å². The number of carboxylic acid groups (broad SMARTS) is 1. The van der Waals surface area contributed by atoms with Gasteiger partial charge in [-0.2, -0.15) is 0 Å². The molecule has 2 fully saturated rings. The molecule has 0 radical (unpaired) electrons. The van der Waals surface area contributed by atoms with Gasteiger partial charge in [-0.3, -0.25) is 14.5 Å². The van der Waals surface area contributed by atoms with Crippen molar-refractivity contribution in [1.82, 2.24) is 4.90 Å². The van der Waals surface area contributed by atoms with Gasteiger partial charge in [-0.05, 0) is 43.4 Å². The van der Waals surface area contributed by atoms with E-state index in [1.165, 1.54) is 0 Å². The van der Waals surface area contributed by atoms with Gasteiger partial charge in [-0.1, -0.05) is 36.0 Å². The average Bonchev–Trinajstić information content (AvgIpc) is 2.89. The average molecular weight is 371 g/mol. The first-order valence-electron chi connectivity index (χ1n) is 8.19. The van der Waals surface area contributed by atoms with Crippen molar-refractivity contribution in [3.8, 4) is 0 Å². The number of halogens is 2. The van der Waals surface area contributed by atoms with Gasteiger partial charge in [0.15, 0.2) is 0 Å². The molecule has 0 aromatic heterocycles. The minimum absolute atomic E-state index is 0.0666. The van der Waals surface area contributed by atoms with Gasteiger partial charge < -0.3 is 10.4 Å². The zero-order chi connectivity index (χ0) is 17.3. The predicted molar refractivity (Wildman–Crippen MR) is 93.6 cm³/mol. The molecule has 3 rings (SSSR count). The summed E-state index contributed by atoms with van der Waals surface area (Å²) in [7, 11) is 0. The lowest BCUT2D eigenvalue weighted by Crippen LogP contribution is -2.46. The molecule has 2 N–H and O–H groups in total. The molecule has 1 aliphatic carbocycles. The van der Waals surface area contributed by atoms with Crippen molar-refractivity contribution < 1.29 is 14.7 Å². The van der Waals surface area contributed by atoms with Crippen molar-refractivity contribution in [3.05, 3.63) is 28.2 Å². The molecule has 1 aromatic carbocycles. The number of hydrogen-bond acceptors (Lipinski definition) is 3. The van der Waals surface area contributed by atoms with Crippen LogP contribution in [0.5, 0.6) is 0 Å². The lowest BCUT2D eigenvalue weighted by atomic mass is 9.85. The van der Waals surface area contributed by atoms with Gasteiger partial charge in [-0.15, -0.1) is 0 Å². The van der Waals surface area contributed by atoms with Crippen LogP contribution < -0.4 is 5.32 Å². The van der Waals surface area contributed by atoms with Crippen LogP contribution in [0, 0.1) is 5.92 Å².